The highest BCUT2D eigenvalue weighted by Gasteiger charge is 2.21. The van der Waals surface area contributed by atoms with Crippen molar-refractivity contribution in [1.82, 2.24) is 0 Å². The van der Waals surface area contributed by atoms with Crippen LogP contribution < -0.4 is 4.74 Å². The molecule has 1 N–H and O–H groups in total. The van der Waals surface area contributed by atoms with E-state index >= 15 is 0 Å². The summed E-state index contributed by atoms with van der Waals surface area (Å²) in [7, 11) is 0. The summed E-state index contributed by atoms with van der Waals surface area (Å²) in [5.74, 6) is 5.43. The number of benzene rings is 2. The maximum absolute atomic E-state index is 11.6. The van der Waals surface area contributed by atoms with Crippen LogP contribution in [-0.4, -0.2) is 17.7 Å². The lowest BCUT2D eigenvalue weighted by molar-refractivity contribution is -0.136. The molecule has 0 aliphatic carbocycles. The summed E-state index contributed by atoms with van der Waals surface area (Å²) in [6.45, 7) is 2.11. The van der Waals surface area contributed by atoms with Crippen LogP contribution >= 0.6 is 27.7 Å². The molecule has 2 aromatic rings. The molecule has 1 unspecified atom stereocenters. The molecule has 0 fully saturated rings. The molecule has 0 saturated heterocycles. The Kier molecular flexibility index (Phi) is 6.57. The molecule has 118 valence electrons. The number of halogens is 1. The molecule has 0 bridgehead atoms. The van der Waals surface area contributed by atoms with E-state index < -0.39 is 11.2 Å². The van der Waals surface area contributed by atoms with Crippen molar-refractivity contribution in [2.24, 2.45) is 0 Å². The minimum absolute atomic E-state index is 0.346. The molecule has 0 aliphatic rings. The Morgan fingerprint density at radius 1 is 1.30 bits per heavy atom. The van der Waals surface area contributed by atoms with Gasteiger partial charge in [-0.2, -0.15) is 0 Å². The number of rotatable bonds is 6. The molecule has 0 aromatic heterocycles. The second kappa shape index (κ2) is 8.66. The zero-order chi connectivity index (χ0) is 16.7. The number of ether oxygens (including phenoxy) is 1. The fraction of sp³-hybridized carbons (Fsp3) is 0.167. The number of hydrogen-bond donors (Lipinski definition) is 1. The van der Waals surface area contributed by atoms with Crippen LogP contribution in [0, 0.1) is 11.8 Å². The van der Waals surface area contributed by atoms with E-state index in [1.807, 2.05) is 48.5 Å². The minimum Gasteiger partial charge on any atom is -0.481 e. The molecule has 0 aliphatic heterocycles. The molecule has 0 heterocycles. The zero-order valence-corrected chi connectivity index (χ0v) is 14.9. The summed E-state index contributed by atoms with van der Waals surface area (Å²) in [6.07, 6.45) is 0. The maximum Gasteiger partial charge on any atom is 0.321 e. The van der Waals surface area contributed by atoms with E-state index in [1.54, 1.807) is 6.92 Å². The third kappa shape index (κ3) is 5.34. The van der Waals surface area contributed by atoms with Crippen LogP contribution in [0.3, 0.4) is 0 Å². The van der Waals surface area contributed by atoms with Crippen LogP contribution in [0.25, 0.3) is 0 Å². The van der Waals surface area contributed by atoms with Gasteiger partial charge in [-0.15, -0.1) is 17.7 Å². The van der Waals surface area contributed by atoms with Crippen molar-refractivity contribution in [3.05, 3.63) is 58.6 Å². The molecule has 5 heteroatoms. The lowest BCUT2D eigenvalue weighted by atomic mass is 10.1. The van der Waals surface area contributed by atoms with Gasteiger partial charge in [0.1, 0.15) is 17.6 Å². The fourth-order valence-electron chi connectivity index (χ4n) is 1.87. The van der Waals surface area contributed by atoms with Crippen LogP contribution in [0.1, 0.15) is 17.7 Å². The highest BCUT2D eigenvalue weighted by molar-refractivity contribution is 9.10. The largest absolute Gasteiger partial charge is 0.481 e. The summed E-state index contributed by atoms with van der Waals surface area (Å²) in [4.78, 5) is 12.4. The van der Waals surface area contributed by atoms with Crippen molar-refractivity contribution in [1.29, 1.82) is 0 Å². The van der Waals surface area contributed by atoms with Crippen LogP contribution in [0.15, 0.2) is 57.9 Å². The van der Waals surface area contributed by atoms with Gasteiger partial charge < -0.3 is 9.84 Å². The first kappa shape index (κ1) is 17.5. The van der Waals surface area contributed by atoms with Crippen molar-refractivity contribution in [2.45, 2.75) is 17.1 Å². The molecule has 0 amide bonds. The summed E-state index contributed by atoms with van der Waals surface area (Å²) < 4.78 is 6.31. The van der Waals surface area contributed by atoms with Gasteiger partial charge in [0.2, 0.25) is 0 Å². The van der Waals surface area contributed by atoms with Gasteiger partial charge in [0.15, 0.2) is 0 Å². The normalized spacial score (nSPS) is 11.2. The average molecular weight is 391 g/mol. The van der Waals surface area contributed by atoms with E-state index in [2.05, 4.69) is 27.8 Å². The Labute approximate surface area is 148 Å². The SMILES string of the molecule is CC#CCOc1ccc(SC(C(=O)O)c2cccc(Br)c2)cc1. The second-order valence-electron chi connectivity index (χ2n) is 4.58. The third-order valence-electron chi connectivity index (χ3n) is 2.94. The first-order valence-electron chi connectivity index (χ1n) is 6.87. The molecule has 0 radical (unpaired) electrons. The molecule has 23 heavy (non-hydrogen) atoms. The number of carboxylic acids is 1. The van der Waals surface area contributed by atoms with Crippen molar-refractivity contribution in [3.8, 4) is 17.6 Å². The predicted molar refractivity (Wildman–Crippen MR) is 95.8 cm³/mol. The highest BCUT2D eigenvalue weighted by atomic mass is 79.9. The van der Waals surface area contributed by atoms with Gasteiger partial charge in [-0.05, 0) is 48.9 Å². The van der Waals surface area contributed by atoms with E-state index in [-0.39, 0.29) is 0 Å². The quantitative estimate of drug-likeness (QED) is 0.569. The fourth-order valence-corrected chi connectivity index (χ4v) is 3.24. The molecule has 2 aromatic carbocycles. The molecule has 0 saturated carbocycles. The highest BCUT2D eigenvalue weighted by Crippen LogP contribution is 2.36. The number of hydrogen-bond acceptors (Lipinski definition) is 3. The molecule has 2 rings (SSSR count). The van der Waals surface area contributed by atoms with Crippen molar-refractivity contribution in [2.75, 3.05) is 6.61 Å². The molecule has 0 spiro atoms. The van der Waals surface area contributed by atoms with Crippen LogP contribution in [0.4, 0.5) is 0 Å². The lowest BCUT2D eigenvalue weighted by Crippen LogP contribution is -2.07. The van der Waals surface area contributed by atoms with Gasteiger partial charge in [-0.25, -0.2) is 0 Å². The van der Waals surface area contributed by atoms with Gasteiger partial charge in [0, 0.05) is 9.37 Å². The summed E-state index contributed by atoms with van der Waals surface area (Å²) >= 11 is 4.67. The minimum atomic E-state index is -0.869. The van der Waals surface area contributed by atoms with E-state index in [9.17, 15) is 9.90 Å². The van der Waals surface area contributed by atoms with Gasteiger partial charge in [-0.1, -0.05) is 34.0 Å². The average Bonchev–Trinajstić information content (AvgIpc) is 2.54. The second-order valence-corrected chi connectivity index (χ2v) is 6.67. The Balaban J connectivity index is 2.11. The van der Waals surface area contributed by atoms with E-state index in [0.717, 1.165) is 14.9 Å². The monoisotopic (exact) mass is 390 g/mol. The lowest BCUT2D eigenvalue weighted by Gasteiger charge is -2.13. The maximum atomic E-state index is 11.6. The summed E-state index contributed by atoms with van der Waals surface area (Å²) in [5.41, 5.74) is 0.746. The Morgan fingerprint density at radius 2 is 2.04 bits per heavy atom. The topological polar surface area (TPSA) is 46.5 Å². The Morgan fingerprint density at radius 3 is 2.65 bits per heavy atom. The van der Waals surface area contributed by atoms with Crippen molar-refractivity contribution >= 4 is 33.7 Å². The summed E-state index contributed by atoms with van der Waals surface area (Å²) in [6, 6.07) is 14.7. The van der Waals surface area contributed by atoms with Crippen LogP contribution in [-0.2, 0) is 4.79 Å². The Hall–Kier alpha value is -1.90. The first-order chi connectivity index (χ1) is 11.1. The van der Waals surface area contributed by atoms with Crippen molar-refractivity contribution < 1.29 is 14.6 Å². The number of aliphatic carboxylic acids is 1. The summed E-state index contributed by atoms with van der Waals surface area (Å²) in [5, 5.41) is 8.84. The predicted octanol–water partition coefficient (Wildman–Crippen LogP) is 4.77. The van der Waals surface area contributed by atoms with E-state index in [1.165, 1.54) is 11.8 Å². The van der Waals surface area contributed by atoms with Crippen LogP contribution in [0.2, 0.25) is 0 Å². The number of carbonyl (C=O) groups is 1. The molecular formula is C18H15BrO3S. The van der Waals surface area contributed by atoms with Gasteiger partial charge in [0.05, 0.1) is 0 Å². The first-order valence-corrected chi connectivity index (χ1v) is 8.55. The smallest absolute Gasteiger partial charge is 0.321 e. The third-order valence-corrected chi connectivity index (χ3v) is 4.69. The van der Waals surface area contributed by atoms with Gasteiger partial charge in [0.25, 0.3) is 0 Å². The molecular weight excluding hydrogens is 376 g/mol. The van der Waals surface area contributed by atoms with Crippen LogP contribution in [0.5, 0.6) is 5.75 Å². The Bertz CT molecular complexity index is 732. The van der Waals surface area contributed by atoms with Crippen molar-refractivity contribution in [3.63, 3.8) is 0 Å². The molecule has 3 nitrogen and oxygen atoms in total. The zero-order valence-electron chi connectivity index (χ0n) is 12.5. The molecule has 1 atom stereocenters. The van der Waals surface area contributed by atoms with Gasteiger partial charge >= 0.3 is 5.97 Å². The number of carboxylic acid groups (broad SMARTS) is 1. The standard InChI is InChI=1S/C18H15BrO3S/c1-2-3-11-22-15-7-9-16(10-8-15)23-17(18(20)21)13-5-4-6-14(19)12-13/h4-10,12,17H,11H2,1H3,(H,20,21). The number of thioether (sulfide) groups is 1. The van der Waals surface area contributed by atoms with E-state index in [4.69, 9.17) is 4.74 Å². The van der Waals surface area contributed by atoms with E-state index in [0.29, 0.717) is 12.4 Å². The van der Waals surface area contributed by atoms with Gasteiger partial charge in [-0.3, -0.25) is 4.79 Å².